The van der Waals surface area contributed by atoms with Gasteiger partial charge in [-0.25, -0.2) is 23.8 Å². The molecule has 0 saturated carbocycles. The standard InChI is InChI=1S/C46H58FN9O4/c1-7-39-36(42(51-34-17-21-59-22-18-34)37-27-50-56(8-2)43(37)53-39)26-48-41-14-10-13-40(52-41)44(57)49-25-31-15-16-38(47)35(24-31)33-12-9-11-32(23-33)29-54-19-20-55(30(3)28-54)45(58)60-46(4,5)6/h9-16,23-24,27,30,34H,7-8,17-22,25-26,28-29H2,1-6H3,(H,48,52)(H,49,57)(H,51,53). The first-order valence-electron chi connectivity index (χ1n) is 21.2. The van der Waals surface area contributed by atoms with Crippen LogP contribution in [0.1, 0.15) is 87.3 Å². The van der Waals surface area contributed by atoms with Gasteiger partial charge in [0.1, 0.15) is 22.9 Å². The van der Waals surface area contributed by atoms with Crippen molar-refractivity contribution in [1.82, 2.24) is 34.9 Å². The van der Waals surface area contributed by atoms with E-state index in [1.54, 1.807) is 23.1 Å². The van der Waals surface area contributed by atoms with Gasteiger partial charge >= 0.3 is 6.09 Å². The van der Waals surface area contributed by atoms with E-state index >= 15 is 4.39 Å². The highest BCUT2D eigenvalue weighted by Crippen LogP contribution is 2.32. The van der Waals surface area contributed by atoms with Crippen molar-refractivity contribution < 1.29 is 23.5 Å². The number of piperazine rings is 1. The second-order valence-electron chi connectivity index (χ2n) is 16.7. The van der Waals surface area contributed by atoms with Crippen LogP contribution in [0.2, 0.25) is 0 Å². The van der Waals surface area contributed by atoms with Crippen LogP contribution < -0.4 is 16.0 Å². The number of aromatic nitrogens is 4. The number of halogens is 1. The Morgan fingerprint density at radius 3 is 2.52 bits per heavy atom. The Labute approximate surface area is 352 Å². The van der Waals surface area contributed by atoms with E-state index in [-0.39, 0.29) is 42.1 Å². The van der Waals surface area contributed by atoms with Gasteiger partial charge in [-0.15, -0.1) is 0 Å². The van der Waals surface area contributed by atoms with Crippen LogP contribution in [-0.4, -0.2) is 92.1 Å². The van der Waals surface area contributed by atoms with E-state index in [1.165, 1.54) is 6.07 Å². The molecule has 2 amide bonds. The SMILES string of the molecule is CCc1nc2c(cnn2CC)c(NC2CCOCC2)c1CNc1cccc(C(=O)NCc2ccc(F)c(-c3cccc(CN4CCN(C(=O)OC(C)(C)C)C(C)C4)c3)c2)n1. The number of nitrogens with one attached hydrogen (secondary N) is 3. The molecule has 7 rings (SSSR count). The number of aryl methyl sites for hydroxylation is 2. The summed E-state index contributed by atoms with van der Waals surface area (Å²) in [7, 11) is 0. The Morgan fingerprint density at radius 2 is 1.77 bits per heavy atom. The quantitative estimate of drug-likeness (QED) is 0.108. The van der Waals surface area contributed by atoms with Crippen LogP contribution in [0.15, 0.2) is 66.9 Å². The fourth-order valence-electron chi connectivity index (χ4n) is 7.98. The van der Waals surface area contributed by atoms with Gasteiger partial charge in [0.2, 0.25) is 0 Å². The van der Waals surface area contributed by atoms with E-state index in [4.69, 9.17) is 14.5 Å². The number of carbonyl (C=O) groups excluding carboxylic acids is 2. The summed E-state index contributed by atoms with van der Waals surface area (Å²) in [6, 6.07) is 18.4. The van der Waals surface area contributed by atoms with Gasteiger partial charge in [-0.05, 0) is 101 Å². The number of amides is 2. The number of hydrogen-bond acceptors (Lipinski definition) is 10. The minimum absolute atomic E-state index is 0.00209. The number of carbonyl (C=O) groups is 2. The second-order valence-corrected chi connectivity index (χ2v) is 16.7. The van der Waals surface area contributed by atoms with Crippen LogP contribution in [0, 0.1) is 5.82 Å². The van der Waals surface area contributed by atoms with E-state index in [0.29, 0.717) is 44.1 Å². The van der Waals surface area contributed by atoms with Crippen molar-refractivity contribution in [1.29, 1.82) is 0 Å². The number of rotatable bonds is 13. The van der Waals surface area contributed by atoms with Gasteiger partial charge in [-0.2, -0.15) is 5.10 Å². The third kappa shape index (κ3) is 10.2. The molecule has 1 unspecified atom stereocenters. The summed E-state index contributed by atoms with van der Waals surface area (Å²) >= 11 is 0. The van der Waals surface area contributed by atoms with Crippen LogP contribution in [-0.2, 0) is 42.1 Å². The zero-order valence-electron chi connectivity index (χ0n) is 35.7. The van der Waals surface area contributed by atoms with Crippen LogP contribution in [0.4, 0.5) is 20.7 Å². The molecule has 60 heavy (non-hydrogen) atoms. The highest BCUT2D eigenvalue weighted by molar-refractivity contribution is 5.93. The van der Waals surface area contributed by atoms with Crippen molar-refractivity contribution >= 4 is 34.5 Å². The maximum atomic E-state index is 15.3. The average molecular weight is 820 g/mol. The molecular formula is C46H58FN9O4. The lowest BCUT2D eigenvalue weighted by Gasteiger charge is -2.40. The van der Waals surface area contributed by atoms with E-state index in [0.717, 1.165) is 83.7 Å². The van der Waals surface area contributed by atoms with Crippen molar-refractivity contribution in [3.63, 3.8) is 0 Å². The molecule has 3 N–H and O–H groups in total. The molecule has 0 aliphatic carbocycles. The van der Waals surface area contributed by atoms with Crippen LogP contribution in [0.25, 0.3) is 22.2 Å². The van der Waals surface area contributed by atoms with Gasteiger partial charge in [0, 0.05) is 87.9 Å². The Morgan fingerprint density at radius 1 is 0.967 bits per heavy atom. The van der Waals surface area contributed by atoms with Crippen molar-refractivity contribution in [3.05, 3.63) is 101 Å². The second kappa shape index (κ2) is 18.8. The molecule has 2 fully saturated rings. The molecule has 5 heterocycles. The minimum Gasteiger partial charge on any atom is -0.444 e. The number of benzene rings is 2. The average Bonchev–Trinajstić information content (AvgIpc) is 3.65. The van der Waals surface area contributed by atoms with E-state index in [1.807, 2.05) is 75.0 Å². The molecule has 2 aliphatic rings. The topological polar surface area (TPSA) is 139 Å². The van der Waals surface area contributed by atoms with Gasteiger partial charge in [0.15, 0.2) is 5.65 Å². The number of ether oxygens (including phenoxy) is 2. The maximum Gasteiger partial charge on any atom is 0.410 e. The predicted molar refractivity (Wildman–Crippen MR) is 232 cm³/mol. The number of pyridine rings is 2. The van der Waals surface area contributed by atoms with Crippen LogP contribution in [0.3, 0.4) is 0 Å². The molecule has 14 heteroatoms. The smallest absolute Gasteiger partial charge is 0.410 e. The Bertz CT molecular complexity index is 2300. The van der Waals surface area contributed by atoms with Crippen molar-refractivity contribution in [2.45, 2.75) is 105 Å². The first-order valence-corrected chi connectivity index (χ1v) is 21.2. The molecule has 13 nitrogen and oxygen atoms in total. The predicted octanol–water partition coefficient (Wildman–Crippen LogP) is 7.79. The van der Waals surface area contributed by atoms with Gasteiger partial charge < -0.3 is 30.3 Å². The first-order chi connectivity index (χ1) is 28.9. The fourth-order valence-corrected chi connectivity index (χ4v) is 7.98. The number of fused-ring (bicyclic) bond motifs is 1. The lowest BCUT2D eigenvalue weighted by atomic mass is 10.00. The molecular weight excluding hydrogens is 762 g/mol. The number of anilines is 2. The molecule has 318 valence electrons. The largest absolute Gasteiger partial charge is 0.444 e. The van der Waals surface area contributed by atoms with Gasteiger partial charge in [0.25, 0.3) is 5.91 Å². The zero-order valence-corrected chi connectivity index (χ0v) is 35.7. The van der Waals surface area contributed by atoms with E-state index in [9.17, 15) is 9.59 Å². The Kier molecular flexibility index (Phi) is 13.3. The van der Waals surface area contributed by atoms with Gasteiger partial charge in [0.05, 0.1) is 17.3 Å². The summed E-state index contributed by atoms with van der Waals surface area (Å²) in [5.41, 5.74) is 6.67. The third-order valence-electron chi connectivity index (χ3n) is 11.1. The zero-order chi connectivity index (χ0) is 42.4. The van der Waals surface area contributed by atoms with E-state index < -0.39 is 5.60 Å². The maximum absolute atomic E-state index is 15.3. The Balaban J connectivity index is 0.990. The first kappa shape index (κ1) is 42.5. The highest BCUT2D eigenvalue weighted by Gasteiger charge is 2.31. The van der Waals surface area contributed by atoms with Crippen LogP contribution >= 0.6 is 0 Å². The summed E-state index contributed by atoms with van der Waals surface area (Å²) in [6.45, 7) is 17.3. The lowest BCUT2D eigenvalue weighted by molar-refractivity contribution is 0.000548. The van der Waals surface area contributed by atoms with E-state index in [2.05, 4.69) is 44.8 Å². The summed E-state index contributed by atoms with van der Waals surface area (Å²) in [4.78, 5) is 40.0. The highest BCUT2D eigenvalue weighted by atomic mass is 19.1. The minimum atomic E-state index is -0.544. The molecule has 0 bridgehead atoms. The molecule has 1 atom stereocenters. The van der Waals surface area contributed by atoms with Crippen molar-refractivity contribution in [2.75, 3.05) is 43.5 Å². The third-order valence-corrected chi connectivity index (χ3v) is 11.1. The van der Waals surface area contributed by atoms with Gasteiger partial charge in [-0.3, -0.25) is 9.69 Å². The number of hydrogen-bond donors (Lipinski definition) is 3. The van der Waals surface area contributed by atoms with Gasteiger partial charge in [-0.1, -0.05) is 37.3 Å². The van der Waals surface area contributed by atoms with Crippen LogP contribution in [0.5, 0.6) is 0 Å². The Hall–Kier alpha value is -5.60. The van der Waals surface area contributed by atoms with Crippen molar-refractivity contribution in [3.8, 4) is 11.1 Å². The molecule has 3 aromatic heterocycles. The molecule has 2 saturated heterocycles. The fraction of sp³-hybridized carbons (Fsp3) is 0.457. The lowest BCUT2D eigenvalue weighted by Crippen LogP contribution is -2.54. The molecule has 2 aliphatic heterocycles. The van der Waals surface area contributed by atoms with Crippen molar-refractivity contribution in [2.24, 2.45) is 0 Å². The molecule has 5 aromatic rings. The summed E-state index contributed by atoms with van der Waals surface area (Å²) < 4.78 is 28.5. The summed E-state index contributed by atoms with van der Waals surface area (Å²) in [5, 5.41) is 15.8. The molecule has 0 radical (unpaired) electrons. The summed E-state index contributed by atoms with van der Waals surface area (Å²) in [6.07, 6.45) is 4.18. The molecule has 2 aromatic carbocycles. The molecule has 0 spiro atoms. The summed E-state index contributed by atoms with van der Waals surface area (Å²) in [5.74, 6) is -0.110. The monoisotopic (exact) mass is 819 g/mol. The number of nitrogens with zero attached hydrogens (tertiary/aromatic N) is 6. The normalized spacial score (nSPS) is 16.5.